The molecule has 0 bridgehead atoms. The summed E-state index contributed by atoms with van der Waals surface area (Å²) in [4.78, 5) is 0. The van der Waals surface area contributed by atoms with E-state index in [1.165, 1.54) is 0 Å². The molecule has 20 heavy (non-hydrogen) atoms. The Labute approximate surface area is 134 Å². The molecule has 1 unspecified atom stereocenters. The maximum atomic E-state index is 13.4. The second-order valence-electron chi connectivity index (χ2n) is 4.18. The summed E-state index contributed by atoms with van der Waals surface area (Å²) < 4.78 is 27.4. The van der Waals surface area contributed by atoms with Gasteiger partial charge in [-0.2, -0.15) is 0 Å². The number of rotatable bonds is 3. The maximum Gasteiger partial charge on any atom is 0.160 e. The highest BCUT2D eigenvalue weighted by Crippen LogP contribution is 2.34. The Morgan fingerprint density at radius 2 is 1.60 bits per heavy atom. The lowest BCUT2D eigenvalue weighted by molar-refractivity contribution is 0.505. The Balaban J connectivity index is 2.58. The van der Waals surface area contributed by atoms with Gasteiger partial charge in [0.05, 0.1) is 6.04 Å². The summed E-state index contributed by atoms with van der Waals surface area (Å²) in [7, 11) is 1.69. The zero-order chi connectivity index (χ0) is 14.9. The van der Waals surface area contributed by atoms with Gasteiger partial charge in [0, 0.05) is 14.5 Å². The van der Waals surface area contributed by atoms with Crippen LogP contribution in [0.4, 0.5) is 8.78 Å². The summed E-state index contributed by atoms with van der Waals surface area (Å²) in [5, 5.41) is 3.66. The standard InChI is InChI=1S/C14H10BrCl2F2N/c1-20-14(8-4-7(15)2-3-10(8)16)9-5-12(18)13(19)6-11(9)17/h2-6,14,20H,1H3. The minimum Gasteiger partial charge on any atom is -0.309 e. The van der Waals surface area contributed by atoms with Crippen molar-refractivity contribution in [3.05, 3.63) is 67.6 Å². The van der Waals surface area contributed by atoms with Crippen LogP contribution in [0.3, 0.4) is 0 Å². The first kappa shape index (κ1) is 15.7. The van der Waals surface area contributed by atoms with Gasteiger partial charge in [0.1, 0.15) is 0 Å². The molecule has 1 N–H and O–H groups in total. The van der Waals surface area contributed by atoms with Gasteiger partial charge in [-0.3, -0.25) is 0 Å². The summed E-state index contributed by atoms with van der Waals surface area (Å²) in [6.45, 7) is 0. The third-order valence-corrected chi connectivity index (χ3v) is 4.07. The van der Waals surface area contributed by atoms with E-state index in [1.54, 1.807) is 25.2 Å². The van der Waals surface area contributed by atoms with Crippen LogP contribution in [-0.4, -0.2) is 7.05 Å². The summed E-state index contributed by atoms with van der Waals surface area (Å²) in [5.74, 6) is -1.93. The molecule has 1 nitrogen and oxygen atoms in total. The van der Waals surface area contributed by atoms with Crippen LogP contribution in [0.25, 0.3) is 0 Å². The SMILES string of the molecule is CNC(c1cc(Br)ccc1Cl)c1cc(F)c(F)cc1Cl. The average Bonchev–Trinajstić information content (AvgIpc) is 2.40. The van der Waals surface area contributed by atoms with Crippen molar-refractivity contribution < 1.29 is 8.78 Å². The monoisotopic (exact) mass is 379 g/mol. The predicted molar refractivity (Wildman–Crippen MR) is 81.4 cm³/mol. The molecule has 0 amide bonds. The molecule has 106 valence electrons. The van der Waals surface area contributed by atoms with Crippen LogP contribution >= 0.6 is 39.1 Å². The molecule has 0 saturated carbocycles. The molecule has 6 heteroatoms. The third-order valence-electron chi connectivity index (χ3n) is 2.91. The van der Waals surface area contributed by atoms with E-state index in [-0.39, 0.29) is 5.02 Å². The normalized spacial score (nSPS) is 12.5. The molecule has 1 atom stereocenters. The van der Waals surface area contributed by atoms with Crippen molar-refractivity contribution in [2.75, 3.05) is 7.05 Å². The first-order valence-electron chi connectivity index (χ1n) is 5.70. The summed E-state index contributed by atoms with van der Waals surface area (Å²) in [5.41, 5.74) is 1.14. The molecule has 0 aromatic heterocycles. The van der Waals surface area contributed by atoms with Crippen molar-refractivity contribution in [2.45, 2.75) is 6.04 Å². The molecule has 0 aliphatic carbocycles. The molecule has 0 radical (unpaired) electrons. The van der Waals surface area contributed by atoms with E-state index in [0.29, 0.717) is 10.6 Å². The lowest BCUT2D eigenvalue weighted by atomic mass is 9.98. The fourth-order valence-electron chi connectivity index (χ4n) is 1.97. The Bertz CT molecular complexity index is 649. The Kier molecular flexibility index (Phi) is 5.02. The number of hydrogen-bond donors (Lipinski definition) is 1. The smallest absolute Gasteiger partial charge is 0.160 e. The summed E-state index contributed by atoms with van der Waals surface area (Å²) >= 11 is 15.5. The van der Waals surface area contributed by atoms with Gasteiger partial charge in [-0.1, -0.05) is 39.1 Å². The topological polar surface area (TPSA) is 12.0 Å². The number of halogens is 5. The van der Waals surface area contributed by atoms with E-state index in [2.05, 4.69) is 21.2 Å². The second kappa shape index (κ2) is 6.39. The van der Waals surface area contributed by atoms with Gasteiger partial charge in [0.15, 0.2) is 11.6 Å². The van der Waals surface area contributed by atoms with Crippen LogP contribution in [0, 0.1) is 11.6 Å². The molecular weight excluding hydrogens is 371 g/mol. The van der Waals surface area contributed by atoms with Crippen molar-refractivity contribution in [3.63, 3.8) is 0 Å². The lowest BCUT2D eigenvalue weighted by Crippen LogP contribution is -2.19. The van der Waals surface area contributed by atoms with Crippen molar-refractivity contribution >= 4 is 39.1 Å². The highest BCUT2D eigenvalue weighted by molar-refractivity contribution is 9.10. The highest BCUT2D eigenvalue weighted by Gasteiger charge is 2.20. The molecule has 2 aromatic rings. The van der Waals surface area contributed by atoms with Crippen molar-refractivity contribution in [2.24, 2.45) is 0 Å². The number of nitrogens with one attached hydrogen (secondary N) is 1. The zero-order valence-electron chi connectivity index (χ0n) is 10.4. The molecule has 0 saturated heterocycles. The van der Waals surface area contributed by atoms with Crippen molar-refractivity contribution in [1.82, 2.24) is 5.32 Å². The van der Waals surface area contributed by atoms with Crippen LogP contribution < -0.4 is 5.32 Å². The van der Waals surface area contributed by atoms with E-state index in [0.717, 1.165) is 22.2 Å². The quantitative estimate of drug-likeness (QED) is 0.708. The van der Waals surface area contributed by atoms with Gasteiger partial charge in [0.25, 0.3) is 0 Å². The van der Waals surface area contributed by atoms with Crippen molar-refractivity contribution in [1.29, 1.82) is 0 Å². The van der Waals surface area contributed by atoms with Crippen LogP contribution in [0.1, 0.15) is 17.2 Å². The predicted octanol–water partition coefficient (Wildman–Crippen LogP) is 5.34. The minimum absolute atomic E-state index is 0.138. The molecule has 0 aliphatic rings. The minimum atomic E-state index is -0.978. The lowest BCUT2D eigenvalue weighted by Gasteiger charge is -2.20. The van der Waals surface area contributed by atoms with Gasteiger partial charge in [0.2, 0.25) is 0 Å². The van der Waals surface area contributed by atoms with Crippen molar-refractivity contribution in [3.8, 4) is 0 Å². The number of hydrogen-bond acceptors (Lipinski definition) is 1. The molecule has 0 aliphatic heterocycles. The molecule has 0 heterocycles. The average molecular weight is 381 g/mol. The third kappa shape index (κ3) is 3.14. The molecule has 0 fully saturated rings. The van der Waals surface area contributed by atoms with Gasteiger partial charge < -0.3 is 5.32 Å². The van der Waals surface area contributed by atoms with Crippen LogP contribution in [0.5, 0.6) is 0 Å². The fourth-order valence-corrected chi connectivity index (χ4v) is 2.84. The molecule has 0 spiro atoms. The second-order valence-corrected chi connectivity index (χ2v) is 5.91. The van der Waals surface area contributed by atoms with E-state index in [4.69, 9.17) is 23.2 Å². The zero-order valence-corrected chi connectivity index (χ0v) is 13.5. The molecular formula is C14H10BrCl2F2N. The van der Waals surface area contributed by atoms with Gasteiger partial charge >= 0.3 is 0 Å². The highest BCUT2D eigenvalue weighted by atomic mass is 79.9. The summed E-state index contributed by atoms with van der Waals surface area (Å²) in [6.07, 6.45) is 0. The fraction of sp³-hybridized carbons (Fsp3) is 0.143. The first-order valence-corrected chi connectivity index (χ1v) is 7.25. The van der Waals surface area contributed by atoms with Crippen LogP contribution in [0.15, 0.2) is 34.8 Å². The van der Waals surface area contributed by atoms with Gasteiger partial charge in [-0.15, -0.1) is 0 Å². The largest absolute Gasteiger partial charge is 0.309 e. The first-order chi connectivity index (χ1) is 9.43. The Morgan fingerprint density at radius 1 is 1.00 bits per heavy atom. The molecule has 2 rings (SSSR count). The van der Waals surface area contributed by atoms with E-state index < -0.39 is 17.7 Å². The Morgan fingerprint density at radius 3 is 2.25 bits per heavy atom. The van der Waals surface area contributed by atoms with Gasteiger partial charge in [-0.25, -0.2) is 8.78 Å². The van der Waals surface area contributed by atoms with E-state index in [1.807, 2.05) is 0 Å². The summed E-state index contributed by atoms with van der Waals surface area (Å²) in [6, 6.07) is 6.92. The van der Waals surface area contributed by atoms with E-state index in [9.17, 15) is 8.78 Å². The Hall–Kier alpha value is -0.680. The van der Waals surface area contributed by atoms with E-state index >= 15 is 0 Å². The number of benzene rings is 2. The molecule has 2 aromatic carbocycles. The maximum absolute atomic E-state index is 13.4. The van der Waals surface area contributed by atoms with Crippen LogP contribution in [-0.2, 0) is 0 Å². The van der Waals surface area contributed by atoms with Crippen LogP contribution in [0.2, 0.25) is 10.0 Å². The van der Waals surface area contributed by atoms with Gasteiger partial charge in [-0.05, 0) is 48.5 Å².